The zero-order valence-corrected chi connectivity index (χ0v) is 19.6. The second-order valence-electron chi connectivity index (χ2n) is 8.11. The summed E-state index contributed by atoms with van der Waals surface area (Å²) >= 11 is 7.73. The van der Waals surface area contributed by atoms with E-state index in [4.69, 9.17) is 21.3 Å². The maximum absolute atomic E-state index is 13.8. The number of aromatic amines is 1. The number of ether oxygens (including phenoxy) is 1. The number of nitrogens with one attached hydrogen (secondary N) is 1. The second-order valence-corrected chi connectivity index (χ2v) is 9.75. The molecule has 6 nitrogen and oxygen atoms in total. The Hall–Kier alpha value is -2.90. The Morgan fingerprint density at radius 3 is 2.84 bits per heavy atom. The Morgan fingerprint density at radius 2 is 2.06 bits per heavy atom. The molecule has 1 amide bonds. The first-order valence-electron chi connectivity index (χ1n) is 10.5. The molecule has 8 heteroatoms. The van der Waals surface area contributed by atoms with Crippen molar-refractivity contribution >= 4 is 39.9 Å². The largest absolute Gasteiger partial charge is 0.494 e. The molecule has 1 N–H and O–H groups in total. The third kappa shape index (κ3) is 3.55. The summed E-state index contributed by atoms with van der Waals surface area (Å²) in [5, 5.41) is 1.48. The van der Waals surface area contributed by atoms with Crippen molar-refractivity contribution < 1.29 is 9.53 Å². The fourth-order valence-corrected chi connectivity index (χ4v) is 5.55. The zero-order chi connectivity index (χ0) is 22.4. The number of thiazole rings is 1. The lowest BCUT2D eigenvalue weighted by Gasteiger charge is -2.25. The molecule has 2 aromatic heterocycles. The molecule has 0 spiro atoms. The standard InChI is InChI=1S/C24H23ClN4O2S/c1-13-10-11-29(21(13)23-27-17-8-5-9-18(31-3)19(17)28-23)24(30)20-22(32-14(2)26-20)15-6-4-7-16(25)12-15/h4-9,12-13,21H,10-11H2,1-3H3,(H,27,28)/t13-,21-/m0/s1. The van der Waals surface area contributed by atoms with Gasteiger partial charge in [0, 0.05) is 11.6 Å². The Kier molecular flexibility index (Phi) is 5.39. The molecule has 1 fully saturated rings. The van der Waals surface area contributed by atoms with Crippen LogP contribution < -0.4 is 4.74 Å². The van der Waals surface area contributed by atoms with E-state index < -0.39 is 0 Å². The van der Waals surface area contributed by atoms with Crippen molar-refractivity contribution in [1.82, 2.24) is 19.9 Å². The number of H-pyrrole nitrogens is 1. The molecule has 0 radical (unpaired) electrons. The molecule has 3 heterocycles. The van der Waals surface area contributed by atoms with E-state index in [0.717, 1.165) is 38.7 Å². The third-order valence-electron chi connectivity index (χ3n) is 5.98. The number of hydrogen-bond donors (Lipinski definition) is 1. The van der Waals surface area contributed by atoms with E-state index in [1.54, 1.807) is 7.11 Å². The van der Waals surface area contributed by atoms with Crippen LogP contribution in [0, 0.1) is 12.8 Å². The summed E-state index contributed by atoms with van der Waals surface area (Å²) in [5.74, 6) is 1.68. The van der Waals surface area contributed by atoms with Crippen LogP contribution in [-0.2, 0) is 0 Å². The molecule has 5 rings (SSSR count). The molecule has 0 saturated carbocycles. The minimum Gasteiger partial charge on any atom is -0.494 e. The van der Waals surface area contributed by atoms with Gasteiger partial charge in [0.1, 0.15) is 22.8 Å². The lowest BCUT2D eigenvalue weighted by molar-refractivity contribution is 0.0710. The number of carbonyl (C=O) groups is 1. The molecule has 4 aromatic rings. The number of hydrogen-bond acceptors (Lipinski definition) is 5. The molecular formula is C24H23ClN4O2S. The van der Waals surface area contributed by atoms with Gasteiger partial charge in [0.05, 0.1) is 28.6 Å². The van der Waals surface area contributed by atoms with Gasteiger partial charge in [-0.25, -0.2) is 9.97 Å². The number of para-hydroxylation sites is 1. The number of amides is 1. The number of aromatic nitrogens is 3. The van der Waals surface area contributed by atoms with Crippen molar-refractivity contribution in [3.63, 3.8) is 0 Å². The summed E-state index contributed by atoms with van der Waals surface area (Å²) in [5.41, 5.74) is 3.06. The van der Waals surface area contributed by atoms with Crippen molar-refractivity contribution in [1.29, 1.82) is 0 Å². The van der Waals surface area contributed by atoms with E-state index in [1.165, 1.54) is 11.3 Å². The van der Waals surface area contributed by atoms with Crippen molar-refractivity contribution in [3.8, 4) is 16.2 Å². The SMILES string of the molecule is COc1cccc2[nH]c([C@@H]3[C@@H](C)CCN3C(=O)c3nc(C)sc3-c3cccc(Cl)c3)nc12. The highest BCUT2D eigenvalue weighted by atomic mass is 35.5. The summed E-state index contributed by atoms with van der Waals surface area (Å²) < 4.78 is 5.47. The van der Waals surface area contributed by atoms with Crippen LogP contribution in [0.5, 0.6) is 5.75 Å². The first-order chi connectivity index (χ1) is 15.5. The lowest BCUT2D eigenvalue weighted by Crippen LogP contribution is -2.33. The minimum absolute atomic E-state index is 0.0777. The van der Waals surface area contributed by atoms with Crippen LogP contribution in [0.4, 0.5) is 0 Å². The number of nitrogens with zero attached hydrogens (tertiary/aromatic N) is 3. The Labute approximate surface area is 195 Å². The maximum atomic E-state index is 13.8. The van der Waals surface area contributed by atoms with Crippen LogP contribution >= 0.6 is 22.9 Å². The van der Waals surface area contributed by atoms with Crippen LogP contribution in [-0.4, -0.2) is 39.4 Å². The van der Waals surface area contributed by atoms with Crippen molar-refractivity contribution in [3.05, 3.63) is 64.0 Å². The summed E-state index contributed by atoms with van der Waals surface area (Å²) in [4.78, 5) is 29.4. The molecule has 2 atom stereocenters. The van der Waals surface area contributed by atoms with Gasteiger partial charge in [-0.1, -0.05) is 36.7 Å². The molecule has 0 aliphatic carbocycles. The monoisotopic (exact) mass is 466 g/mol. The Balaban J connectivity index is 1.55. The van der Waals surface area contributed by atoms with Gasteiger partial charge in [0.2, 0.25) is 0 Å². The van der Waals surface area contributed by atoms with E-state index >= 15 is 0 Å². The van der Waals surface area contributed by atoms with Crippen LogP contribution in [0.3, 0.4) is 0 Å². The highest BCUT2D eigenvalue weighted by Crippen LogP contribution is 2.40. The summed E-state index contributed by atoms with van der Waals surface area (Å²) in [6.45, 7) is 4.74. The molecule has 2 aromatic carbocycles. The number of imidazole rings is 1. The van der Waals surface area contributed by atoms with Crippen LogP contribution in [0.25, 0.3) is 21.5 Å². The number of aryl methyl sites for hydroxylation is 1. The molecule has 0 unspecified atom stereocenters. The number of fused-ring (bicyclic) bond motifs is 1. The molecule has 1 aliphatic rings. The van der Waals surface area contributed by atoms with Gasteiger partial charge in [-0.3, -0.25) is 4.79 Å². The van der Waals surface area contributed by atoms with Crippen molar-refractivity contribution in [2.75, 3.05) is 13.7 Å². The van der Waals surface area contributed by atoms with Crippen LogP contribution in [0.1, 0.15) is 40.7 Å². The van der Waals surface area contributed by atoms with Gasteiger partial charge in [0.15, 0.2) is 0 Å². The van der Waals surface area contributed by atoms with E-state index in [1.807, 2.05) is 54.3 Å². The van der Waals surface area contributed by atoms with Crippen molar-refractivity contribution in [2.45, 2.75) is 26.3 Å². The summed E-state index contributed by atoms with van der Waals surface area (Å²) in [6, 6.07) is 13.2. The Morgan fingerprint density at radius 1 is 1.25 bits per heavy atom. The van der Waals surface area contributed by atoms with Gasteiger partial charge in [0.25, 0.3) is 5.91 Å². The normalized spacial score (nSPS) is 18.4. The Bertz CT molecular complexity index is 1310. The average molecular weight is 467 g/mol. The van der Waals surface area contributed by atoms with Crippen LogP contribution in [0.2, 0.25) is 5.02 Å². The van der Waals surface area contributed by atoms with E-state index in [9.17, 15) is 4.79 Å². The molecule has 1 saturated heterocycles. The van der Waals surface area contributed by atoms with E-state index in [-0.39, 0.29) is 17.9 Å². The van der Waals surface area contributed by atoms with Crippen LogP contribution in [0.15, 0.2) is 42.5 Å². The fourth-order valence-electron chi connectivity index (χ4n) is 4.45. The lowest BCUT2D eigenvalue weighted by atomic mass is 10.0. The quantitative estimate of drug-likeness (QED) is 0.407. The third-order valence-corrected chi connectivity index (χ3v) is 7.23. The highest BCUT2D eigenvalue weighted by molar-refractivity contribution is 7.15. The van der Waals surface area contributed by atoms with Gasteiger partial charge >= 0.3 is 0 Å². The minimum atomic E-state index is -0.158. The number of likely N-dealkylation sites (tertiary alicyclic amines) is 1. The topological polar surface area (TPSA) is 71.1 Å². The van der Waals surface area contributed by atoms with Gasteiger partial charge in [-0.15, -0.1) is 11.3 Å². The number of rotatable bonds is 4. The molecular weight excluding hydrogens is 444 g/mol. The summed E-state index contributed by atoms with van der Waals surface area (Å²) in [6.07, 6.45) is 0.903. The first-order valence-corrected chi connectivity index (χ1v) is 11.7. The number of benzene rings is 2. The average Bonchev–Trinajstić information content (AvgIpc) is 3.48. The molecule has 1 aliphatic heterocycles. The number of carbonyl (C=O) groups excluding carboxylic acids is 1. The van der Waals surface area contributed by atoms with E-state index in [2.05, 4.69) is 16.9 Å². The number of halogens is 1. The summed E-state index contributed by atoms with van der Waals surface area (Å²) in [7, 11) is 1.64. The predicted octanol–water partition coefficient (Wildman–Crippen LogP) is 5.88. The first kappa shape index (κ1) is 21.0. The highest BCUT2D eigenvalue weighted by Gasteiger charge is 2.39. The van der Waals surface area contributed by atoms with Gasteiger partial charge in [-0.05, 0) is 49.1 Å². The van der Waals surface area contributed by atoms with Crippen molar-refractivity contribution in [2.24, 2.45) is 5.92 Å². The smallest absolute Gasteiger partial charge is 0.274 e. The molecule has 32 heavy (non-hydrogen) atoms. The number of methoxy groups -OCH3 is 1. The fraction of sp³-hybridized carbons (Fsp3) is 0.292. The molecule has 164 valence electrons. The maximum Gasteiger partial charge on any atom is 0.274 e. The molecule has 0 bridgehead atoms. The second kappa shape index (κ2) is 8.22. The zero-order valence-electron chi connectivity index (χ0n) is 18.1. The van der Waals surface area contributed by atoms with E-state index in [0.29, 0.717) is 23.0 Å². The predicted molar refractivity (Wildman–Crippen MR) is 128 cm³/mol. The van der Waals surface area contributed by atoms with Gasteiger partial charge in [-0.2, -0.15) is 0 Å². The van der Waals surface area contributed by atoms with Gasteiger partial charge < -0.3 is 14.6 Å².